The summed E-state index contributed by atoms with van der Waals surface area (Å²) in [5.74, 6) is -0.0193. The van der Waals surface area contributed by atoms with E-state index in [2.05, 4.69) is 24.2 Å². The van der Waals surface area contributed by atoms with E-state index >= 15 is 0 Å². The molecule has 1 aliphatic rings. The molecule has 0 radical (unpaired) electrons. The number of hydrogen-bond acceptors (Lipinski definition) is 2. The quantitative estimate of drug-likeness (QED) is 0.788. The summed E-state index contributed by atoms with van der Waals surface area (Å²) in [4.78, 5) is 14.5. The molecule has 0 spiro atoms. The molecule has 120 valence electrons. The van der Waals surface area contributed by atoms with E-state index in [9.17, 15) is 4.79 Å². The number of nitrogens with zero attached hydrogens (tertiary/aromatic N) is 3. The highest BCUT2D eigenvalue weighted by molar-refractivity contribution is 6.31. The van der Waals surface area contributed by atoms with Gasteiger partial charge in [-0.05, 0) is 44.4 Å². The Bertz CT molecular complexity index is 792. The molecule has 0 saturated heterocycles. The first kappa shape index (κ1) is 15.8. The molecule has 1 aliphatic heterocycles. The molecule has 1 aromatic carbocycles. The number of halogens is 1. The number of rotatable bonds is 2. The highest BCUT2D eigenvalue weighted by atomic mass is 35.5. The van der Waals surface area contributed by atoms with Gasteiger partial charge in [0.15, 0.2) is 0 Å². The Morgan fingerprint density at radius 1 is 1.35 bits per heavy atom. The van der Waals surface area contributed by atoms with Crippen molar-refractivity contribution in [3.63, 3.8) is 0 Å². The molecular weight excluding hydrogens is 310 g/mol. The van der Waals surface area contributed by atoms with Crippen molar-refractivity contribution in [1.29, 1.82) is 0 Å². The van der Waals surface area contributed by atoms with Crippen molar-refractivity contribution in [2.75, 3.05) is 11.4 Å². The van der Waals surface area contributed by atoms with Crippen molar-refractivity contribution in [3.8, 4) is 0 Å². The van der Waals surface area contributed by atoms with E-state index in [4.69, 9.17) is 11.6 Å². The Balaban J connectivity index is 1.86. The SMILES string of the molecule is Cc1ccc2c(c1)CCCN2C(=O)/C=C/c1c(C)nn(C)c1Cl. The molecule has 0 N–H and O–H groups in total. The van der Waals surface area contributed by atoms with Crippen LogP contribution in [0.5, 0.6) is 0 Å². The lowest BCUT2D eigenvalue weighted by atomic mass is 9.99. The molecule has 1 amide bonds. The molecule has 1 aromatic heterocycles. The predicted molar refractivity (Wildman–Crippen MR) is 93.8 cm³/mol. The Morgan fingerprint density at radius 2 is 2.13 bits per heavy atom. The molecule has 0 saturated carbocycles. The summed E-state index contributed by atoms with van der Waals surface area (Å²) in [5.41, 5.74) is 5.10. The van der Waals surface area contributed by atoms with Crippen LogP contribution in [-0.4, -0.2) is 22.2 Å². The van der Waals surface area contributed by atoms with Gasteiger partial charge in [0.25, 0.3) is 5.91 Å². The van der Waals surface area contributed by atoms with Crippen molar-refractivity contribution in [1.82, 2.24) is 9.78 Å². The fourth-order valence-corrected chi connectivity index (χ4v) is 3.27. The molecule has 2 aromatic rings. The van der Waals surface area contributed by atoms with Crippen LogP contribution in [0.2, 0.25) is 5.15 Å². The fourth-order valence-electron chi connectivity index (χ4n) is 3.04. The number of carbonyl (C=O) groups is 1. The van der Waals surface area contributed by atoms with E-state index in [1.165, 1.54) is 11.1 Å². The summed E-state index contributed by atoms with van der Waals surface area (Å²) in [6.07, 6.45) is 5.36. The van der Waals surface area contributed by atoms with Crippen molar-refractivity contribution in [2.24, 2.45) is 7.05 Å². The molecule has 0 fully saturated rings. The molecule has 2 heterocycles. The number of benzene rings is 1. The third kappa shape index (κ3) is 3.04. The van der Waals surface area contributed by atoms with Gasteiger partial charge in [0.05, 0.1) is 5.69 Å². The Morgan fingerprint density at radius 3 is 2.83 bits per heavy atom. The summed E-state index contributed by atoms with van der Waals surface area (Å²) < 4.78 is 1.61. The second-order valence-electron chi connectivity index (χ2n) is 5.97. The monoisotopic (exact) mass is 329 g/mol. The second-order valence-corrected chi connectivity index (χ2v) is 6.33. The van der Waals surface area contributed by atoms with Crippen LogP contribution in [0.1, 0.15) is 28.8 Å². The normalized spacial score (nSPS) is 14.3. The first-order chi connectivity index (χ1) is 11.0. The van der Waals surface area contributed by atoms with Crippen LogP contribution in [0.25, 0.3) is 6.08 Å². The summed E-state index contributed by atoms with van der Waals surface area (Å²) in [5, 5.41) is 4.80. The first-order valence-electron chi connectivity index (χ1n) is 7.75. The minimum atomic E-state index is -0.0193. The van der Waals surface area contributed by atoms with Gasteiger partial charge in [0.2, 0.25) is 0 Å². The van der Waals surface area contributed by atoms with Crippen molar-refractivity contribution in [2.45, 2.75) is 26.7 Å². The Hall–Kier alpha value is -2.07. The van der Waals surface area contributed by atoms with Crippen LogP contribution in [0, 0.1) is 13.8 Å². The van der Waals surface area contributed by atoms with E-state index in [1.54, 1.807) is 23.9 Å². The highest BCUT2D eigenvalue weighted by Gasteiger charge is 2.21. The van der Waals surface area contributed by atoms with Crippen LogP contribution in [0.3, 0.4) is 0 Å². The number of aromatic nitrogens is 2. The van der Waals surface area contributed by atoms with Gasteiger partial charge in [-0.2, -0.15) is 5.10 Å². The lowest BCUT2D eigenvalue weighted by Gasteiger charge is -2.29. The summed E-state index contributed by atoms with van der Waals surface area (Å²) >= 11 is 6.21. The number of fused-ring (bicyclic) bond motifs is 1. The minimum Gasteiger partial charge on any atom is -0.309 e. The molecule has 0 atom stereocenters. The summed E-state index contributed by atoms with van der Waals surface area (Å²) in [6.45, 7) is 4.71. The average Bonchev–Trinajstić information content (AvgIpc) is 2.77. The highest BCUT2D eigenvalue weighted by Crippen LogP contribution is 2.28. The predicted octanol–water partition coefficient (Wildman–Crippen LogP) is 3.68. The largest absolute Gasteiger partial charge is 0.309 e. The number of anilines is 1. The van der Waals surface area contributed by atoms with E-state index in [-0.39, 0.29) is 5.91 Å². The lowest BCUT2D eigenvalue weighted by molar-refractivity contribution is -0.114. The number of hydrogen-bond donors (Lipinski definition) is 0. The lowest BCUT2D eigenvalue weighted by Crippen LogP contribution is -2.34. The molecule has 3 rings (SSSR count). The summed E-state index contributed by atoms with van der Waals surface area (Å²) in [7, 11) is 1.79. The molecule has 0 unspecified atom stereocenters. The van der Waals surface area contributed by atoms with E-state index in [0.717, 1.165) is 36.3 Å². The zero-order valence-corrected chi connectivity index (χ0v) is 14.4. The smallest absolute Gasteiger partial charge is 0.251 e. The van der Waals surface area contributed by atoms with Crippen LogP contribution in [0.4, 0.5) is 5.69 Å². The maximum atomic E-state index is 12.6. The van der Waals surface area contributed by atoms with Gasteiger partial charge in [-0.3, -0.25) is 9.48 Å². The van der Waals surface area contributed by atoms with Crippen molar-refractivity contribution >= 4 is 29.3 Å². The van der Waals surface area contributed by atoms with Crippen molar-refractivity contribution < 1.29 is 4.79 Å². The standard InChI is InChI=1S/C18H20ClN3O/c1-12-6-8-16-14(11-12)5-4-10-22(16)17(23)9-7-15-13(2)20-21(3)18(15)19/h6-9,11H,4-5,10H2,1-3H3/b9-7+. The average molecular weight is 330 g/mol. The number of amides is 1. The zero-order chi connectivity index (χ0) is 16.6. The minimum absolute atomic E-state index is 0.0193. The van der Waals surface area contributed by atoms with Gasteiger partial charge in [0.1, 0.15) is 5.15 Å². The Kier molecular flexibility index (Phi) is 4.26. The molecule has 0 bridgehead atoms. The second kappa shape index (κ2) is 6.20. The van der Waals surface area contributed by atoms with Crippen LogP contribution >= 0.6 is 11.6 Å². The maximum Gasteiger partial charge on any atom is 0.251 e. The maximum absolute atomic E-state index is 12.6. The molecule has 5 heteroatoms. The van der Waals surface area contributed by atoms with E-state index in [0.29, 0.717) is 5.15 Å². The Labute approximate surface area is 141 Å². The molecule has 4 nitrogen and oxygen atoms in total. The molecule has 0 aliphatic carbocycles. The van der Waals surface area contributed by atoms with Crippen LogP contribution < -0.4 is 4.90 Å². The zero-order valence-electron chi connectivity index (χ0n) is 13.6. The van der Waals surface area contributed by atoms with Gasteiger partial charge in [-0.25, -0.2) is 0 Å². The van der Waals surface area contributed by atoms with Gasteiger partial charge in [-0.1, -0.05) is 29.3 Å². The van der Waals surface area contributed by atoms with E-state index in [1.807, 2.05) is 17.9 Å². The van der Waals surface area contributed by atoms with Gasteiger partial charge < -0.3 is 4.90 Å². The number of carbonyl (C=O) groups excluding carboxylic acids is 1. The first-order valence-corrected chi connectivity index (χ1v) is 8.13. The third-order valence-corrected chi connectivity index (χ3v) is 4.66. The molecular formula is C18H20ClN3O. The molecule has 23 heavy (non-hydrogen) atoms. The van der Waals surface area contributed by atoms with Crippen LogP contribution in [-0.2, 0) is 18.3 Å². The number of aryl methyl sites for hydroxylation is 4. The third-order valence-electron chi connectivity index (χ3n) is 4.21. The van der Waals surface area contributed by atoms with Gasteiger partial charge in [0, 0.05) is 30.9 Å². The summed E-state index contributed by atoms with van der Waals surface area (Å²) in [6, 6.07) is 6.26. The van der Waals surface area contributed by atoms with Gasteiger partial charge >= 0.3 is 0 Å². The van der Waals surface area contributed by atoms with Gasteiger partial charge in [-0.15, -0.1) is 0 Å². The van der Waals surface area contributed by atoms with Crippen molar-refractivity contribution in [3.05, 3.63) is 51.8 Å². The fraction of sp³-hybridized carbons (Fsp3) is 0.333. The van der Waals surface area contributed by atoms with E-state index < -0.39 is 0 Å². The van der Waals surface area contributed by atoms with Crippen LogP contribution in [0.15, 0.2) is 24.3 Å². The topological polar surface area (TPSA) is 38.1 Å².